The van der Waals surface area contributed by atoms with E-state index in [0.29, 0.717) is 29.5 Å². The zero-order valence-electron chi connectivity index (χ0n) is 18.8. The van der Waals surface area contributed by atoms with Gasteiger partial charge in [-0.1, -0.05) is 42.5 Å². The van der Waals surface area contributed by atoms with Crippen LogP contribution in [0.4, 0.5) is 5.13 Å². The first-order chi connectivity index (χ1) is 16.6. The van der Waals surface area contributed by atoms with Crippen molar-refractivity contribution in [2.75, 3.05) is 18.4 Å². The third kappa shape index (κ3) is 5.17. The summed E-state index contributed by atoms with van der Waals surface area (Å²) in [7, 11) is 0. The van der Waals surface area contributed by atoms with Crippen molar-refractivity contribution in [3.05, 3.63) is 82.4 Å². The van der Waals surface area contributed by atoms with E-state index >= 15 is 0 Å². The molecule has 7 nitrogen and oxygen atoms in total. The largest absolute Gasteiger partial charge is 0.338 e. The first kappa shape index (κ1) is 22.3. The van der Waals surface area contributed by atoms with E-state index in [1.54, 1.807) is 22.4 Å². The Kier molecular flexibility index (Phi) is 6.40. The van der Waals surface area contributed by atoms with Crippen molar-refractivity contribution in [1.29, 1.82) is 0 Å². The highest BCUT2D eigenvalue weighted by atomic mass is 32.1. The Morgan fingerprint density at radius 3 is 2.53 bits per heavy atom. The summed E-state index contributed by atoms with van der Waals surface area (Å²) in [6.45, 7) is 1.31. The maximum absolute atomic E-state index is 12.9. The molecular formula is C26H26N4O3S. The van der Waals surface area contributed by atoms with Gasteiger partial charge in [-0.2, -0.15) is 0 Å². The van der Waals surface area contributed by atoms with Gasteiger partial charge in [0.15, 0.2) is 5.13 Å². The highest BCUT2D eigenvalue weighted by Crippen LogP contribution is 2.28. The van der Waals surface area contributed by atoms with Gasteiger partial charge in [0.1, 0.15) is 6.54 Å². The number of thiazole rings is 1. The minimum Gasteiger partial charge on any atom is -0.338 e. The maximum atomic E-state index is 12.9. The molecule has 2 aliphatic rings. The van der Waals surface area contributed by atoms with Gasteiger partial charge in [0.25, 0.3) is 5.91 Å². The fraction of sp³-hybridized carbons (Fsp3) is 0.308. The van der Waals surface area contributed by atoms with Gasteiger partial charge in [-0.25, -0.2) is 4.98 Å². The number of carbonyl (C=O) groups excluding carboxylic acids is 3. The van der Waals surface area contributed by atoms with Crippen LogP contribution in [0.25, 0.3) is 0 Å². The van der Waals surface area contributed by atoms with E-state index in [1.165, 1.54) is 22.5 Å². The molecule has 0 bridgehead atoms. The van der Waals surface area contributed by atoms with E-state index in [9.17, 15) is 14.4 Å². The van der Waals surface area contributed by atoms with Gasteiger partial charge in [-0.15, -0.1) is 11.3 Å². The van der Waals surface area contributed by atoms with Crippen LogP contribution in [-0.4, -0.2) is 51.6 Å². The van der Waals surface area contributed by atoms with Crippen LogP contribution >= 0.6 is 11.3 Å². The van der Waals surface area contributed by atoms with Gasteiger partial charge in [0.2, 0.25) is 11.8 Å². The van der Waals surface area contributed by atoms with Gasteiger partial charge < -0.3 is 15.1 Å². The number of hydrogen-bond acceptors (Lipinski definition) is 5. The summed E-state index contributed by atoms with van der Waals surface area (Å²) in [6, 6.07) is 17.4. The monoisotopic (exact) mass is 474 g/mol. The minimum absolute atomic E-state index is 0.0145. The number of nitrogens with one attached hydrogen (secondary N) is 1. The summed E-state index contributed by atoms with van der Waals surface area (Å²) in [5.74, 6) is -0.381. The molecule has 1 fully saturated rings. The molecule has 8 heteroatoms. The molecule has 5 rings (SSSR count). The quantitative estimate of drug-likeness (QED) is 0.568. The fourth-order valence-corrected chi connectivity index (χ4v) is 4.96. The molecule has 1 aliphatic carbocycles. The zero-order valence-corrected chi connectivity index (χ0v) is 19.6. The lowest BCUT2D eigenvalue weighted by Crippen LogP contribution is -2.39. The number of anilines is 1. The molecule has 3 aromatic rings. The fourth-order valence-electron chi connectivity index (χ4n) is 4.23. The first-order valence-corrected chi connectivity index (χ1v) is 12.4. The number of amides is 3. The standard InChI is InChI=1S/C26H26N4O3S/c31-23(16-30(22-10-11-22)25(33)19-7-2-1-3-8-19)28-26-27-21(17-34-26)14-24(32)29-13-12-18-6-4-5-9-20(18)15-29/h1-9,17,22H,10-16H2,(H,27,28,31). The number of hydrogen-bond donors (Lipinski definition) is 1. The maximum Gasteiger partial charge on any atom is 0.254 e. The van der Waals surface area contributed by atoms with E-state index in [1.807, 2.05) is 35.2 Å². The molecule has 0 saturated heterocycles. The highest BCUT2D eigenvalue weighted by molar-refractivity contribution is 7.13. The summed E-state index contributed by atoms with van der Waals surface area (Å²) in [4.78, 5) is 46.3. The Labute approximate surface area is 202 Å². The normalized spacial score (nSPS) is 14.9. The van der Waals surface area contributed by atoms with Crippen LogP contribution < -0.4 is 5.32 Å². The van der Waals surface area contributed by atoms with Crippen LogP contribution in [0, 0.1) is 0 Å². The van der Waals surface area contributed by atoms with Crippen LogP contribution in [-0.2, 0) is 29.0 Å². The number of aromatic nitrogens is 1. The van der Waals surface area contributed by atoms with Crippen molar-refractivity contribution >= 4 is 34.2 Å². The van der Waals surface area contributed by atoms with E-state index in [0.717, 1.165) is 19.3 Å². The molecule has 0 atom stereocenters. The molecule has 0 spiro atoms. The lowest BCUT2D eigenvalue weighted by molar-refractivity contribution is -0.131. The molecule has 0 unspecified atom stereocenters. The Bertz CT molecular complexity index is 1210. The Morgan fingerprint density at radius 2 is 1.76 bits per heavy atom. The molecule has 3 amide bonds. The van der Waals surface area contributed by atoms with Gasteiger partial charge in [0.05, 0.1) is 12.1 Å². The number of fused-ring (bicyclic) bond motifs is 1. The lowest BCUT2D eigenvalue weighted by Gasteiger charge is -2.28. The predicted molar refractivity (Wildman–Crippen MR) is 131 cm³/mol. The second-order valence-corrected chi connectivity index (χ2v) is 9.59. The molecule has 0 radical (unpaired) electrons. The first-order valence-electron chi connectivity index (χ1n) is 11.5. The molecule has 1 saturated carbocycles. The minimum atomic E-state index is -0.281. The predicted octanol–water partition coefficient (Wildman–Crippen LogP) is 3.51. The van der Waals surface area contributed by atoms with Gasteiger partial charge in [-0.05, 0) is 42.5 Å². The number of nitrogens with zero attached hydrogens (tertiary/aromatic N) is 3. The van der Waals surface area contributed by atoms with Crippen molar-refractivity contribution in [3.63, 3.8) is 0 Å². The van der Waals surface area contributed by atoms with Crippen LogP contribution in [0.1, 0.15) is 40.0 Å². The zero-order chi connectivity index (χ0) is 23.5. The van der Waals surface area contributed by atoms with Crippen molar-refractivity contribution in [2.45, 2.75) is 38.3 Å². The number of benzene rings is 2. The summed E-state index contributed by atoms with van der Waals surface area (Å²) in [6.07, 6.45) is 2.89. The lowest BCUT2D eigenvalue weighted by atomic mass is 10.00. The summed E-state index contributed by atoms with van der Waals surface area (Å²) in [5, 5.41) is 5.05. The number of rotatable bonds is 7. The van der Waals surface area contributed by atoms with Crippen molar-refractivity contribution < 1.29 is 14.4 Å². The van der Waals surface area contributed by atoms with Crippen LogP contribution in [0.3, 0.4) is 0 Å². The van der Waals surface area contributed by atoms with E-state index in [2.05, 4.69) is 22.4 Å². The van der Waals surface area contributed by atoms with Gasteiger partial charge in [0, 0.05) is 30.1 Å². The second kappa shape index (κ2) is 9.77. The molecule has 174 valence electrons. The van der Waals surface area contributed by atoms with E-state index < -0.39 is 0 Å². The molecule has 2 heterocycles. The molecule has 1 N–H and O–H groups in total. The smallest absolute Gasteiger partial charge is 0.254 e. The summed E-state index contributed by atoms with van der Waals surface area (Å²) < 4.78 is 0. The van der Waals surface area contributed by atoms with Crippen LogP contribution in [0.15, 0.2) is 60.0 Å². The van der Waals surface area contributed by atoms with Crippen LogP contribution in [0.5, 0.6) is 0 Å². The Balaban J connectivity index is 1.16. The molecule has 34 heavy (non-hydrogen) atoms. The van der Waals surface area contributed by atoms with E-state index in [4.69, 9.17) is 0 Å². The average molecular weight is 475 g/mol. The van der Waals surface area contributed by atoms with Crippen molar-refractivity contribution in [1.82, 2.24) is 14.8 Å². The topological polar surface area (TPSA) is 82.6 Å². The summed E-state index contributed by atoms with van der Waals surface area (Å²) >= 11 is 1.29. The summed E-state index contributed by atoms with van der Waals surface area (Å²) in [5.41, 5.74) is 3.72. The third-order valence-electron chi connectivity index (χ3n) is 6.20. The highest BCUT2D eigenvalue weighted by Gasteiger charge is 2.34. The second-order valence-electron chi connectivity index (χ2n) is 8.73. The molecule has 1 aromatic heterocycles. The Hall–Kier alpha value is -3.52. The SMILES string of the molecule is O=C(CN(C(=O)c1ccccc1)C1CC1)Nc1nc(CC(=O)N2CCc3ccccc3C2)cs1. The van der Waals surface area contributed by atoms with Gasteiger partial charge >= 0.3 is 0 Å². The molecule has 1 aliphatic heterocycles. The van der Waals surface area contributed by atoms with E-state index in [-0.39, 0.29) is 36.7 Å². The third-order valence-corrected chi connectivity index (χ3v) is 7.00. The number of carbonyl (C=O) groups is 3. The Morgan fingerprint density at radius 1 is 1.03 bits per heavy atom. The van der Waals surface area contributed by atoms with Crippen LogP contribution in [0.2, 0.25) is 0 Å². The molecular weight excluding hydrogens is 448 g/mol. The molecule has 2 aromatic carbocycles. The van der Waals surface area contributed by atoms with Gasteiger partial charge in [-0.3, -0.25) is 14.4 Å². The average Bonchev–Trinajstić information content (AvgIpc) is 3.62. The van der Waals surface area contributed by atoms with Crippen molar-refractivity contribution in [3.8, 4) is 0 Å². The van der Waals surface area contributed by atoms with Crippen molar-refractivity contribution in [2.24, 2.45) is 0 Å².